The molecule has 32 valence electrons. The Morgan fingerprint density at radius 2 is 1.14 bits per heavy atom. The van der Waals surface area contributed by atoms with Gasteiger partial charge in [0.1, 0.15) is 0 Å². The molecule has 0 aromatic carbocycles. The Morgan fingerprint density at radius 1 is 1.14 bits per heavy atom. The van der Waals surface area contributed by atoms with E-state index in [2.05, 4.69) is 0 Å². The summed E-state index contributed by atoms with van der Waals surface area (Å²) in [5.41, 5.74) is 0. The van der Waals surface area contributed by atoms with Gasteiger partial charge in [-0.2, -0.15) is 0 Å². The van der Waals surface area contributed by atoms with Crippen molar-refractivity contribution in [3.63, 3.8) is 0 Å². The predicted molar refractivity (Wildman–Crippen MR) is 11.0 cm³/mol. The number of rotatable bonds is 0. The van der Waals surface area contributed by atoms with E-state index in [0.29, 0.717) is 0 Å². The third kappa shape index (κ3) is 80.5. The Kier molecular flexibility index (Phi) is 51.9. The van der Waals surface area contributed by atoms with Gasteiger partial charge in [-0.15, -0.1) is 0 Å². The maximum Gasteiger partial charge on any atom is 4.00 e. The molecule has 5 nitrogen and oxygen atoms in total. The van der Waals surface area contributed by atoms with Gasteiger partial charge in [-0.05, 0) is 0 Å². The fraction of sp³-hybridized carbons (Fsp3) is 0. The molecule has 0 saturated carbocycles. The van der Waals surface area contributed by atoms with Gasteiger partial charge >= 0.3 is 79.9 Å². The van der Waals surface area contributed by atoms with Gasteiger partial charge < -0.3 is 20.8 Å². The Bertz CT molecular complexity index is 32.7. The fourth-order valence-corrected chi connectivity index (χ4v) is 0. The second kappa shape index (κ2) is 15.7. The molecule has 7 heavy (non-hydrogen) atoms. The molecule has 0 amide bonds. The summed E-state index contributed by atoms with van der Waals surface area (Å²) in [7, 11) is 0. The van der Waals surface area contributed by atoms with Crippen molar-refractivity contribution in [2.45, 2.75) is 0 Å². The van der Waals surface area contributed by atoms with E-state index < -0.39 is 5.09 Å². The minimum absolute atomic E-state index is 0. The molecule has 0 unspecified atom stereocenters. The molecule has 0 rings (SSSR count). The van der Waals surface area contributed by atoms with Gasteiger partial charge in [0.25, 0.3) is 0 Å². The maximum atomic E-state index is 8.25. The van der Waals surface area contributed by atoms with E-state index in [1.165, 1.54) is 0 Å². The van der Waals surface area contributed by atoms with Crippen LogP contribution < -0.4 is 0 Å². The monoisotopic (exact) mass is 542 g/mol. The van der Waals surface area contributed by atoms with E-state index in [1.54, 1.807) is 0 Å². The second-order valence-corrected chi connectivity index (χ2v) is 0.224. The van der Waals surface area contributed by atoms with E-state index in [0.717, 1.165) is 0 Å². The van der Waals surface area contributed by atoms with Crippen molar-refractivity contribution < 1.29 is 90.4 Å². The predicted octanol–water partition coefficient (Wildman–Crippen LogP) is -0.358. The van der Waals surface area contributed by atoms with Crippen molar-refractivity contribution in [1.29, 1.82) is 0 Å². The van der Waals surface area contributed by atoms with Crippen LogP contribution in [0.1, 0.15) is 0 Å². The van der Waals surface area contributed by atoms with Gasteiger partial charge in [-0.1, -0.05) is 0 Å². The first-order chi connectivity index (χ1) is 1.73. The summed E-state index contributed by atoms with van der Waals surface area (Å²) in [5.74, 6) is 0. The molecule has 0 radical (unpaired) electrons. The average molecular weight is 542 g/mol. The Labute approximate surface area is 104 Å². The van der Waals surface area contributed by atoms with Crippen LogP contribution in [0.25, 0.3) is 0 Å². The first-order valence-electron chi connectivity index (χ1n) is 0.548. The summed E-state index contributed by atoms with van der Waals surface area (Å²) in [6, 6.07) is 0. The minimum atomic E-state index is -1.75. The van der Waals surface area contributed by atoms with Crippen LogP contribution in [0.15, 0.2) is 0 Å². The summed E-state index contributed by atoms with van der Waals surface area (Å²) in [4.78, 5) is 8.25. The molecule has 0 atom stereocenters. The van der Waals surface area contributed by atoms with Gasteiger partial charge in [-0.25, -0.2) is 0 Å². The summed E-state index contributed by atoms with van der Waals surface area (Å²) >= 11 is 0. The second-order valence-electron chi connectivity index (χ2n) is 0.224. The van der Waals surface area contributed by atoms with Crippen molar-refractivity contribution >= 4 is 0 Å². The molecule has 0 aromatic rings. The van der Waals surface area contributed by atoms with Crippen LogP contribution in [0.3, 0.4) is 0 Å². The topological polar surface area (TPSA) is 94.7 Å². The number of hydrogen-bond donors (Lipinski definition) is 0. The van der Waals surface area contributed by atoms with E-state index in [4.69, 9.17) is 15.3 Å². The van der Waals surface area contributed by atoms with Crippen LogP contribution >= 0.6 is 0 Å². The van der Waals surface area contributed by atoms with Crippen LogP contribution in [0.2, 0.25) is 0 Å². The maximum absolute atomic E-state index is 8.25. The Morgan fingerprint density at radius 3 is 1.14 bits per heavy atom. The van der Waals surface area contributed by atoms with E-state index in [-0.39, 0.29) is 85.4 Å². The average Bonchev–Trinajstić information content (AvgIpc) is 0.811. The molecule has 0 saturated heterocycles. The molecule has 0 aliphatic rings. The first-order valence-corrected chi connectivity index (χ1v) is 0.548. The molecule has 0 N–H and O–H groups in total. The summed E-state index contributed by atoms with van der Waals surface area (Å²) in [6.45, 7) is 0. The number of nitrogens with zero attached hydrogens (tertiary/aromatic N) is 1. The van der Waals surface area contributed by atoms with E-state index >= 15 is 0 Å². The molecule has 7 heteroatoms. The summed E-state index contributed by atoms with van der Waals surface area (Å²) < 4.78 is 0. The Hall–Kier alpha value is 1.81. The molecular formula is NO4Th2+5. The normalized spacial score (nSPS) is 3.43. The zero-order valence-electron chi connectivity index (χ0n) is 3.08. The van der Waals surface area contributed by atoms with Crippen LogP contribution in [0, 0.1) is 95.2 Å². The van der Waals surface area contributed by atoms with Gasteiger partial charge in [0.05, 0.1) is 5.09 Å². The summed E-state index contributed by atoms with van der Waals surface area (Å²) in [5, 5.41) is 14.8. The molecule has 0 bridgehead atoms. The van der Waals surface area contributed by atoms with Gasteiger partial charge in [0.15, 0.2) is 0 Å². The van der Waals surface area contributed by atoms with E-state index in [9.17, 15) is 0 Å². The van der Waals surface area contributed by atoms with Crippen molar-refractivity contribution in [2.75, 3.05) is 0 Å². The molecule has 0 aromatic heterocycles. The van der Waals surface area contributed by atoms with Crippen molar-refractivity contribution in [3.8, 4) is 0 Å². The smallest absolute Gasteiger partial charge is 2.00 e. The van der Waals surface area contributed by atoms with Gasteiger partial charge in [0.2, 0.25) is 0 Å². The van der Waals surface area contributed by atoms with Crippen molar-refractivity contribution in [1.82, 2.24) is 0 Å². The SMILES string of the molecule is O=[N+]([O-])[O-].[O-2].[Th+4].[Th+4]. The zero-order chi connectivity index (χ0) is 3.58. The number of hydrogen-bond acceptors (Lipinski definition) is 3. The van der Waals surface area contributed by atoms with E-state index in [1.807, 2.05) is 0 Å². The molecular weight excluding hydrogens is 542 g/mol. The third-order valence-corrected chi connectivity index (χ3v) is 0. The summed E-state index contributed by atoms with van der Waals surface area (Å²) in [6.07, 6.45) is 0. The third-order valence-electron chi connectivity index (χ3n) is 0. The molecule has 0 aliphatic carbocycles. The van der Waals surface area contributed by atoms with Crippen LogP contribution in [-0.4, -0.2) is 5.09 Å². The largest absolute Gasteiger partial charge is 4.00 e. The van der Waals surface area contributed by atoms with Gasteiger partial charge in [0, 0.05) is 0 Å². The zero-order valence-corrected chi connectivity index (χ0v) is 11.3. The molecule has 0 fully saturated rings. The quantitative estimate of drug-likeness (QED) is 0.310. The van der Waals surface area contributed by atoms with Crippen LogP contribution in [0.5, 0.6) is 0 Å². The fourth-order valence-electron chi connectivity index (χ4n) is 0. The molecule has 0 heterocycles. The van der Waals surface area contributed by atoms with Crippen LogP contribution in [-0.2, 0) is 5.48 Å². The van der Waals surface area contributed by atoms with Crippen molar-refractivity contribution in [2.24, 2.45) is 0 Å². The molecule has 0 spiro atoms. The van der Waals surface area contributed by atoms with Crippen molar-refractivity contribution in [3.05, 3.63) is 15.3 Å². The Balaban J connectivity index is -0.0000000150. The van der Waals surface area contributed by atoms with Crippen LogP contribution in [0.4, 0.5) is 0 Å². The first kappa shape index (κ1) is 23.2. The van der Waals surface area contributed by atoms with Gasteiger partial charge in [-0.3, -0.25) is 0 Å². The standard InChI is InChI=1S/NO3.O.2Th/c2-1(3)4;;;/q-1;-2;2*+4. The molecule has 0 aliphatic heterocycles. The minimum Gasteiger partial charge on any atom is -2.00 e.